The maximum Gasteiger partial charge on any atom is 0.0677 e. The number of hydrogen-bond acceptors (Lipinski definition) is 4. The van der Waals surface area contributed by atoms with Gasteiger partial charge in [0.25, 0.3) is 0 Å². The van der Waals surface area contributed by atoms with E-state index in [9.17, 15) is 20.4 Å². The van der Waals surface area contributed by atoms with Crippen molar-refractivity contribution in [2.45, 2.75) is 115 Å². The standard InChI is InChI=1S/C27H44O4/c1-18-8-11-21(28)15-20(18)10-9-19-7-6-14-26(4)23(19)12-13-24(26)27(5,31)17-22(29)16-25(2,3)30/h9-10,21-24,28-31H,1,6-8,11-17H2,2-5H3/b19-9+,20-10-/t21-,22?,23-,24-,26-,27-/m0/s1. The van der Waals surface area contributed by atoms with Crippen molar-refractivity contribution in [1.29, 1.82) is 0 Å². The molecule has 4 N–H and O–H groups in total. The van der Waals surface area contributed by atoms with Crippen molar-refractivity contribution in [3.05, 3.63) is 35.5 Å². The first kappa shape index (κ1) is 24.7. The molecule has 31 heavy (non-hydrogen) atoms. The molecule has 3 aliphatic rings. The van der Waals surface area contributed by atoms with Gasteiger partial charge in [-0.15, -0.1) is 0 Å². The van der Waals surface area contributed by atoms with Crippen LogP contribution < -0.4 is 0 Å². The van der Waals surface area contributed by atoms with Gasteiger partial charge in [-0.05, 0) is 95.0 Å². The van der Waals surface area contributed by atoms with E-state index in [1.165, 1.54) is 11.1 Å². The van der Waals surface area contributed by atoms with E-state index in [4.69, 9.17) is 0 Å². The molecule has 0 amide bonds. The molecule has 0 radical (unpaired) electrons. The molecule has 1 unspecified atom stereocenters. The van der Waals surface area contributed by atoms with E-state index in [0.717, 1.165) is 50.5 Å². The zero-order valence-electron chi connectivity index (χ0n) is 20.0. The van der Waals surface area contributed by atoms with E-state index < -0.39 is 17.3 Å². The SMILES string of the molecule is C=C1CC[C@H](O)C/C1=C/C=C1\CCC[C@@]2(C)[C@H]1CC[C@@H]2[C@@](C)(O)CC(O)CC(C)(C)O. The molecule has 0 aromatic carbocycles. The molecule has 3 rings (SSSR count). The lowest BCUT2D eigenvalue weighted by atomic mass is 9.59. The van der Waals surface area contributed by atoms with Gasteiger partial charge in [0.1, 0.15) is 0 Å². The molecule has 3 saturated carbocycles. The number of rotatable bonds is 6. The minimum Gasteiger partial charge on any atom is -0.393 e. The summed E-state index contributed by atoms with van der Waals surface area (Å²) in [4.78, 5) is 0. The topological polar surface area (TPSA) is 80.9 Å². The third-order valence-corrected chi connectivity index (χ3v) is 8.29. The maximum absolute atomic E-state index is 11.5. The van der Waals surface area contributed by atoms with Crippen molar-refractivity contribution in [3.63, 3.8) is 0 Å². The van der Waals surface area contributed by atoms with Crippen molar-refractivity contribution in [2.75, 3.05) is 0 Å². The average molecular weight is 433 g/mol. The summed E-state index contributed by atoms with van der Waals surface area (Å²) >= 11 is 0. The van der Waals surface area contributed by atoms with E-state index in [1.54, 1.807) is 13.8 Å². The second-order valence-electron chi connectivity index (χ2n) is 11.7. The quantitative estimate of drug-likeness (QED) is 0.485. The highest BCUT2D eigenvalue weighted by molar-refractivity contribution is 5.36. The Kier molecular flexibility index (Phi) is 7.27. The summed E-state index contributed by atoms with van der Waals surface area (Å²) in [6.45, 7) is 11.8. The molecule has 0 spiro atoms. The molecule has 3 aliphatic carbocycles. The second-order valence-corrected chi connectivity index (χ2v) is 11.7. The van der Waals surface area contributed by atoms with Crippen molar-refractivity contribution < 1.29 is 20.4 Å². The largest absolute Gasteiger partial charge is 0.393 e. The Balaban J connectivity index is 1.76. The van der Waals surface area contributed by atoms with E-state index in [2.05, 4.69) is 25.7 Å². The number of aliphatic hydroxyl groups is 4. The predicted molar refractivity (Wildman–Crippen MR) is 125 cm³/mol. The van der Waals surface area contributed by atoms with E-state index >= 15 is 0 Å². The van der Waals surface area contributed by atoms with Crippen LogP contribution in [0, 0.1) is 17.3 Å². The number of allylic oxidation sites excluding steroid dienone is 4. The first-order valence-electron chi connectivity index (χ1n) is 12.2. The van der Waals surface area contributed by atoms with Crippen molar-refractivity contribution in [3.8, 4) is 0 Å². The van der Waals surface area contributed by atoms with Crippen LogP contribution in [0.3, 0.4) is 0 Å². The fraction of sp³-hybridized carbons (Fsp3) is 0.778. The van der Waals surface area contributed by atoms with Gasteiger partial charge in [0.2, 0.25) is 0 Å². The summed E-state index contributed by atoms with van der Waals surface area (Å²) in [5.41, 5.74) is 1.90. The van der Waals surface area contributed by atoms with Gasteiger partial charge in [-0.3, -0.25) is 0 Å². The van der Waals surface area contributed by atoms with Crippen molar-refractivity contribution >= 4 is 0 Å². The van der Waals surface area contributed by atoms with E-state index in [0.29, 0.717) is 18.8 Å². The number of hydrogen-bond donors (Lipinski definition) is 4. The molecular weight excluding hydrogens is 388 g/mol. The van der Waals surface area contributed by atoms with Crippen LogP contribution >= 0.6 is 0 Å². The van der Waals surface area contributed by atoms with Gasteiger partial charge < -0.3 is 20.4 Å². The average Bonchev–Trinajstić information content (AvgIpc) is 2.98. The van der Waals surface area contributed by atoms with Crippen molar-refractivity contribution in [2.24, 2.45) is 17.3 Å². The smallest absolute Gasteiger partial charge is 0.0677 e. The van der Waals surface area contributed by atoms with Crippen LogP contribution in [0.1, 0.15) is 91.9 Å². The number of fused-ring (bicyclic) bond motifs is 1. The Hall–Kier alpha value is -0.940. The second kappa shape index (κ2) is 9.13. The molecule has 0 aromatic rings. The molecule has 0 aromatic heterocycles. The fourth-order valence-electron chi connectivity index (χ4n) is 6.92. The summed E-state index contributed by atoms with van der Waals surface area (Å²) < 4.78 is 0. The minimum absolute atomic E-state index is 0.0175. The first-order chi connectivity index (χ1) is 14.3. The summed E-state index contributed by atoms with van der Waals surface area (Å²) in [5.74, 6) is 0.576. The Bertz CT molecular complexity index is 726. The molecule has 0 bridgehead atoms. The third-order valence-electron chi connectivity index (χ3n) is 8.29. The highest BCUT2D eigenvalue weighted by Crippen LogP contribution is 2.60. The van der Waals surface area contributed by atoms with E-state index in [1.807, 2.05) is 6.92 Å². The maximum atomic E-state index is 11.5. The lowest BCUT2D eigenvalue weighted by Crippen LogP contribution is -2.47. The van der Waals surface area contributed by atoms with Crippen LogP contribution in [0.25, 0.3) is 0 Å². The third kappa shape index (κ3) is 5.71. The Morgan fingerprint density at radius 3 is 2.48 bits per heavy atom. The summed E-state index contributed by atoms with van der Waals surface area (Å²) in [7, 11) is 0. The molecule has 0 saturated heterocycles. The molecule has 0 heterocycles. The van der Waals surface area contributed by atoms with Crippen LogP contribution in [0.15, 0.2) is 35.5 Å². The predicted octanol–water partition coefficient (Wildman–Crippen LogP) is 4.82. The van der Waals surface area contributed by atoms with Crippen LogP contribution in [0.4, 0.5) is 0 Å². The molecule has 4 heteroatoms. The Morgan fingerprint density at radius 1 is 1.10 bits per heavy atom. The highest BCUT2D eigenvalue weighted by Gasteiger charge is 2.55. The summed E-state index contributed by atoms with van der Waals surface area (Å²) in [6, 6.07) is 0. The van der Waals surface area contributed by atoms with Crippen LogP contribution in [-0.2, 0) is 0 Å². The van der Waals surface area contributed by atoms with Gasteiger partial charge in [0.05, 0.1) is 23.4 Å². The Labute approximate surface area is 188 Å². The zero-order valence-corrected chi connectivity index (χ0v) is 20.0. The zero-order chi connectivity index (χ0) is 23.0. The van der Waals surface area contributed by atoms with Gasteiger partial charge in [-0.25, -0.2) is 0 Å². The minimum atomic E-state index is -0.961. The molecule has 6 atom stereocenters. The summed E-state index contributed by atoms with van der Waals surface area (Å²) in [6.07, 6.45) is 11.8. The van der Waals surface area contributed by atoms with Crippen LogP contribution in [-0.4, -0.2) is 43.8 Å². The van der Waals surface area contributed by atoms with E-state index in [-0.39, 0.29) is 23.9 Å². The van der Waals surface area contributed by atoms with Gasteiger partial charge in [-0.2, -0.15) is 0 Å². The van der Waals surface area contributed by atoms with Gasteiger partial charge in [0.15, 0.2) is 0 Å². The monoisotopic (exact) mass is 432 g/mol. The van der Waals surface area contributed by atoms with Crippen LogP contribution in [0.2, 0.25) is 0 Å². The molecule has 176 valence electrons. The molecule has 0 aliphatic heterocycles. The fourth-order valence-corrected chi connectivity index (χ4v) is 6.92. The van der Waals surface area contributed by atoms with Gasteiger partial charge in [-0.1, -0.05) is 36.8 Å². The molecule has 4 nitrogen and oxygen atoms in total. The lowest BCUT2D eigenvalue weighted by Gasteiger charge is -2.47. The lowest BCUT2D eigenvalue weighted by molar-refractivity contribution is -0.0940. The Morgan fingerprint density at radius 2 is 1.81 bits per heavy atom. The molecular formula is C27H44O4. The highest BCUT2D eigenvalue weighted by atomic mass is 16.3. The normalized spacial score (nSPS) is 37.7. The molecule has 3 fully saturated rings. The first-order valence-corrected chi connectivity index (χ1v) is 12.2. The van der Waals surface area contributed by atoms with Crippen molar-refractivity contribution in [1.82, 2.24) is 0 Å². The summed E-state index contributed by atoms with van der Waals surface area (Å²) in [5, 5.41) is 42.1. The van der Waals surface area contributed by atoms with Gasteiger partial charge in [0, 0.05) is 12.8 Å². The van der Waals surface area contributed by atoms with Gasteiger partial charge >= 0.3 is 0 Å². The number of aliphatic hydroxyl groups excluding tert-OH is 2. The van der Waals surface area contributed by atoms with Crippen LogP contribution in [0.5, 0.6) is 0 Å².